The Hall–Kier alpha value is -2.10. The minimum Gasteiger partial charge on any atom is -0.488 e. The van der Waals surface area contributed by atoms with Crippen molar-refractivity contribution >= 4 is 16.9 Å². The lowest BCUT2D eigenvalue weighted by molar-refractivity contribution is 0.0693. The molecule has 1 N–H and O–H groups in total. The van der Waals surface area contributed by atoms with Crippen molar-refractivity contribution in [1.29, 1.82) is 0 Å². The molecule has 0 bridgehead atoms. The van der Waals surface area contributed by atoms with Crippen molar-refractivity contribution in [2.45, 2.75) is 20.0 Å². The Labute approximate surface area is 98.9 Å². The van der Waals surface area contributed by atoms with E-state index < -0.39 is 5.97 Å². The van der Waals surface area contributed by atoms with E-state index in [4.69, 9.17) is 4.74 Å². The Morgan fingerprint density at radius 2 is 2.06 bits per heavy atom. The van der Waals surface area contributed by atoms with Gasteiger partial charge in [-0.25, -0.2) is 4.79 Å². The zero-order valence-corrected chi connectivity index (χ0v) is 9.68. The molecule has 88 valence electrons. The van der Waals surface area contributed by atoms with Crippen LogP contribution in [0.2, 0.25) is 0 Å². The number of hydrogen-bond acceptors (Lipinski definition) is 3. The number of carboxylic acids is 1. The first-order valence-corrected chi connectivity index (χ1v) is 5.37. The fourth-order valence-corrected chi connectivity index (χ4v) is 1.69. The van der Waals surface area contributed by atoms with E-state index >= 15 is 0 Å². The number of aromatic carboxylic acids is 1. The molecule has 2 rings (SSSR count). The van der Waals surface area contributed by atoms with Gasteiger partial charge in [0.05, 0.1) is 17.8 Å². The molecule has 0 amide bonds. The van der Waals surface area contributed by atoms with Gasteiger partial charge in [-0.1, -0.05) is 18.2 Å². The molecule has 1 aromatic carbocycles. The van der Waals surface area contributed by atoms with E-state index in [-0.39, 0.29) is 11.7 Å². The highest BCUT2D eigenvalue weighted by Gasteiger charge is 2.17. The van der Waals surface area contributed by atoms with E-state index in [1.807, 2.05) is 19.9 Å². The zero-order chi connectivity index (χ0) is 12.4. The summed E-state index contributed by atoms with van der Waals surface area (Å²) in [6.45, 7) is 3.70. The molecule has 0 spiro atoms. The largest absolute Gasteiger partial charge is 0.488 e. The van der Waals surface area contributed by atoms with Crippen LogP contribution >= 0.6 is 0 Å². The molecule has 0 saturated carbocycles. The minimum absolute atomic E-state index is 0.0870. The third-order valence-corrected chi connectivity index (χ3v) is 2.32. The summed E-state index contributed by atoms with van der Waals surface area (Å²) in [5.41, 5.74) is 0.824. The number of pyridine rings is 1. The molecular formula is C13H13NO3. The van der Waals surface area contributed by atoms with Gasteiger partial charge < -0.3 is 9.84 Å². The fourth-order valence-electron chi connectivity index (χ4n) is 1.69. The van der Waals surface area contributed by atoms with Crippen LogP contribution in [0.4, 0.5) is 0 Å². The fraction of sp³-hybridized carbons (Fsp3) is 0.231. The molecule has 1 aromatic heterocycles. The number of ether oxygens (including phenoxy) is 1. The van der Waals surface area contributed by atoms with Crippen LogP contribution in [0.15, 0.2) is 30.5 Å². The second-order valence-corrected chi connectivity index (χ2v) is 3.99. The summed E-state index contributed by atoms with van der Waals surface area (Å²) in [6, 6.07) is 7.12. The number of rotatable bonds is 3. The summed E-state index contributed by atoms with van der Waals surface area (Å²) >= 11 is 0. The predicted octanol–water partition coefficient (Wildman–Crippen LogP) is 2.72. The minimum atomic E-state index is -1.00. The molecule has 4 heteroatoms. The van der Waals surface area contributed by atoms with E-state index in [1.165, 1.54) is 6.20 Å². The quantitative estimate of drug-likeness (QED) is 0.882. The van der Waals surface area contributed by atoms with Crippen LogP contribution in [0, 0.1) is 0 Å². The predicted molar refractivity (Wildman–Crippen MR) is 64.5 cm³/mol. The van der Waals surface area contributed by atoms with Crippen molar-refractivity contribution in [2.75, 3.05) is 0 Å². The molecule has 17 heavy (non-hydrogen) atoms. The van der Waals surface area contributed by atoms with Crippen LogP contribution in [-0.4, -0.2) is 22.2 Å². The lowest BCUT2D eigenvalue weighted by Crippen LogP contribution is -2.10. The third-order valence-electron chi connectivity index (χ3n) is 2.32. The van der Waals surface area contributed by atoms with Crippen molar-refractivity contribution in [3.63, 3.8) is 0 Å². The number of carbonyl (C=O) groups is 1. The zero-order valence-electron chi connectivity index (χ0n) is 9.68. The van der Waals surface area contributed by atoms with Crippen LogP contribution in [0.5, 0.6) is 5.75 Å². The Morgan fingerprint density at radius 1 is 1.35 bits per heavy atom. The number of nitrogens with zero attached hydrogens (tertiary/aromatic N) is 1. The topological polar surface area (TPSA) is 59.4 Å². The van der Waals surface area contributed by atoms with Crippen LogP contribution in [0.25, 0.3) is 10.9 Å². The first-order valence-electron chi connectivity index (χ1n) is 5.37. The number of hydrogen-bond donors (Lipinski definition) is 1. The molecule has 1 heterocycles. The molecule has 0 aliphatic heterocycles. The summed E-state index contributed by atoms with van der Waals surface area (Å²) in [6.07, 6.45) is 1.38. The van der Waals surface area contributed by atoms with Gasteiger partial charge in [0, 0.05) is 5.39 Å². The SMILES string of the molecule is CC(C)Oc1cnc2ccccc2c1C(=O)O. The first kappa shape index (κ1) is 11.4. The number of fused-ring (bicyclic) bond motifs is 1. The Bertz CT molecular complexity index is 564. The lowest BCUT2D eigenvalue weighted by atomic mass is 10.1. The molecule has 4 nitrogen and oxygen atoms in total. The maximum absolute atomic E-state index is 11.3. The third kappa shape index (κ3) is 2.20. The second kappa shape index (κ2) is 4.41. The maximum Gasteiger partial charge on any atom is 0.340 e. The van der Waals surface area contributed by atoms with Gasteiger partial charge in [-0.2, -0.15) is 0 Å². The van der Waals surface area contributed by atoms with E-state index in [9.17, 15) is 9.90 Å². The smallest absolute Gasteiger partial charge is 0.340 e. The number of benzene rings is 1. The average molecular weight is 231 g/mol. The van der Waals surface area contributed by atoms with Crippen molar-refractivity contribution in [3.8, 4) is 5.75 Å². The van der Waals surface area contributed by atoms with Gasteiger partial charge in [0.25, 0.3) is 0 Å². The number of carboxylic acid groups (broad SMARTS) is 1. The lowest BCUT2D eigenvalue weighted by Gasteiger charge is -2.13. The van der Waals surface area contributed by atoms with Gasteiger partial charge in [0.15, 0.2) is 5.75 Å². The summed E-state index contributed by atoms with van der Waals surface area (Å²) < 4.78 is 5.47. The average Bonchev–Trinajstić information content (AvgIpc) is 2.27. The Morgan fingerprint density at radius 3 is 2.71 bits per heavy atom. The van der Waals surface area contributed by atoms with Crippen LogP contribution in [0.3, 0.4) is 0 Å². The summed E-state index contributed by atoms with van der Waals surface area (Å²) in [7, 11) is 0. The van der Waals surface area contributed by atoms with E-state index in [0.29, 0.717) is 16.7 Å². The van der Waals surface area contributed by atoms with Crippen LogP contribution in [0.1, 0.15) is 24.2 Å². The Kier molecular flexibility index (Phi) is 2.95. The summed E-state index contributed by atoms with van der Waals surface area (Å²) in [5.74, 6) is -0.689. The van der Waals surface area contributed by atoms with Crippen molar-refractivity contribution < 1.29 is 14.6 Å². The van der Waals surface area contributed by atoms with E-state index in [1.54, 1.807) is 18.2 Å². The molecule has 0 aliphatic carbocycles. The highest BCUT2D eigenvalue weighted by molar-refractivity contribution is 6.04. The van der Waals surface area contributed by atoms with Gasteiger partial charge in [0.1, 0.15) is 5.56 Å². The molecule has 0 radical (unpaired) electrons. The normalized spacial score (nSPS) is 10.8. The molecule has 0 unspecified atom stereocenters. The highest BCUT2D eigenvalue weighted by atomic mass is 16.5. The standard InChI is InChI=1S/C13H13NO3/c1-8(2)17-11-7-14-10-6-4-3-5-9(10)12(11)13(15)16/h3-8H,1-2H3,(H,15,16). The van der Waals surface area contributed by atoms with Crippen molar-refractivity contribution in [3.05, 3.63) is 36.0 Å². The summed E-state index contributed by atoms with van der Waals surface area (Å²) in [5, 5.41) is 9.86. The number of aromatic nitrogens is 1. The molecule has 0 saturated heterocycles. The number of para-hydroxylation sites is 1. The van der Waals surface area contributed by atoms with Gasteiger partial charge >= 0.3 is 5.97 Å². The highest BCUT2D eigenvalue weighted by Crippen LogP contribution is 2.26. The molecule has 0 aliphatic rings. The molecule has 2 aromatic rings. The van der Waals surface area contributed by atoms with Crippen LogP contribution < -0.4 is 4.74 Å². The van der Waals surface area contributed by atoms with Crippen LogP contribution in [-0.2, 0) is 0 Å². The van der Waals surface area contributed by atoms with E-state index in [0.717, 1.165) is 0 Å². The maximum atomic E-state index is 11.3. The Balaban J connectivity index is 2.68. The van der Waals surface area contributed by atoms with E-state index in [2.05, 4.69) is 4.98 Å². The first-order chi connectivity index (χ1) is 8.09. The molecular weight excluding hydrogens is 218 g/mol. The monoisotopic (exact) mass is 231 g/mol. The second-order valence-electron chi connectivity index (χ2n) is 3.99. The van der Waals surface area contributed by atoms with Gasteiger partial charge in [0.2, 0.25) is 0 Å². The van der Waals surface area contributed by atoms with Crippen molar-refractivity contribution in [2.24, 2.45) is 0 Å². The summed E-state index contributed by atoms with van der Waals surface area (Å²) in [4.78, 5) is 15.5. The van der Waals surface area contributed by atoms with Gasteiger partial charge in [-0.15, -0.1) is 0 Å². The van der Waals surface area contributed by atoms with Gasteiger partial charge in [-0.05, 0) is 19.9 Å². The van der Waals surface area contributed by atoms with Crippen molar-refractivity contribution in [1.82, 2.24) is 4.98 Å². The van der Waals surface area contributed by atoms with Gasteiger partial charge in [-0.3, -0.25) is 4.98 Å². The molecule has 0 atom stereocenters. The molecule has 0 fully saturated rings.